The molecule has 0 aromatic heterocycles. The van der Waals surface area contributed by atoms with Crippen molar-refractivity contribution >= 4 is 17.6 Å². The number of benzene rings is 1. The summed E-state index contributed by atoms with van der Waals surface area (Å²) >= 11 is 0. The first-order valence-electron chi connectivity index (χ1n) is 6.44. The minimum absolute atomic E-state index is 0.0817. The van der Waals surface area contributed by atoms with Gasteiger partial charge < -0.3 is 15.7 Å². The van der Waals surface area contributed by atoms with Crippen molar-refractivity contribution in [2.45, 2.75) is 31.7 Å². The van der Waals surface area contributed by atoms with Crippen molar-refractivity contribution in [1.82, 2.24) is 4.90 Å². The Morgan fingerprint density at radius 1 is 1.32 bits per heavy atom. The molecule has 5 nitrogen and oxygen atoms in total. The van der Waals surface area contributed by atoms with Crippen LogP contribution in [0.5, 0.6) is 0 Å². The number of anilines is 1. The first-order valence-corrected chi connectivity index (χ1v) is 6.44. The molecule has 0 spiro atoms. The van der Waals surface area contributed by atoms with Crippen LogP contribution in [-0.2, 0) is 16.0 Å². The number of carboxylic acids is 1. The fraction of sp³-hybridized carbons (Fsp3) is 0.429. The van der Waals surface area contributed by atoms with E-state index < -0.39 is 12.0 Å². The smallest absolute Gasteiger partial charge is 0.326 e. The van der Waals surface area contributed by atoms with Crippen molar-refractivity contribution in [3.63, 3.8) is 0 Å². The lowest BCUT2D eigenvalue weighted by atomic mass is 10.1. The van der Waals surface area contributed by atoms with Gasteiger partial charge in [0.25, 0.3) is 0 Å². The molecule has 3 N–H and O–H groups in total. The van der Waals surface area contributed by atoms with Crippen molar-refractivity contribution in [2.75, 3.05) is 12.3 Å². The molecule has 102 valence electrons. The van der Waals surface area contributed by atoms with Crippen LogP contribution < -0.4 is 5.73 Å². The molecule has 0 bridgehead atoms. The largest absolute Gasteiger partial charge is 0.480 e. The number of hydrogen-bond acceptors (Lipinski definition) is 3. The zero-order valence-corrected chi connectivity index (χ0v) is 10.7. The highest BCUT2D eigenvalue weighted by Crippen LogP contribution is 2.19. The van der Waals surface area contributed by atoms with Gasteiger partial charge in [0.2, 0.25) is 5.91 Å². The van der Waals surface area contributed by atoms with Crippen molar-refractivity contribution < 1.29 is 14.7 Å². The summed E-state index contributed by atoms with van der Waals surface area (Å²) in [6.45, 7) is 0.553. The molecule has 1 fully saturated rings. The summed E-state index contributed by atoms with van der Waals surface area (Å²) in [6.07, 6.45) is 2.28. The number of nitrogen functional groups attached to an aromatic ring is 1. The predicted molar refractivity (Wildman–Crippen MR) is 71.5 cm³/mol. The number of nitrogens with zero attached hydrogens (tertiary/aromatic N) is 1. The fourth-order valence-electron chi connectivity index (χ4n) is 2.40. The number of carboxylic acid groups (broad SMARTS) is 1. The van der Waals surface area contributed by atoms with Gasteiger partial charge in [-0.05, 0) is 37.0 Å². The molecule has 1 aromatic carbocycles. The zero-order chi connectivity index (χ0) is 13.8. The molecule has 1 aromatic rings. The molecule has 0 aliphatic carbocycles. The molecular weight excluding hydrogens is 244 g/mol. The van der Waals surface area contributed by atoms with Crippen molar-refractivity contribution in [3.8, 4) is 0 Å². The Morgan fingerprint density at radius 2 is 2.00 bits per heavy atom. The standard InChI is InChI=1S/C14H18N2O3/c15-11-6-3-10(4-7-11)5-8-13(17)16-9-1-2-12(16)14(18)19/h3-4,6-7,12H,1-2,5,8-9,15H2,(H,18,19). The van der Waals surface area contributed by atoms with E-state index >= 15 is 0 Å². The third-order valence-corrected chi connectivity index (χ3v) is 3.47. The summed E-state index contributed by atoms with van der Waals surface area (Å²) in [5.74, 6) is -0.986. The minimum atomic E-state index is -0.904. The van der Waals surface area contributed by atoms with Gasteiger partial charge in [0.1, 0.15) is 6.04 Å². The van der Waals surface area contributed by atoms with Gasteiger partial charge in [-0.15, -0.1) is 0 Å². The lowest BCUT2D eigenvalue weighted by molar-refractivity contribution is -0.148. The Hall–Kier alpha value is -2.04. The van der Waals surface area contributed by atoms with E-state index in [0.717, 1.165) is 12.0 Å². The Labute approximate surface area is 112 Å². The van der Waals surface area contributed by atoms with Gasteiger partial charge in [-0.25, -0.2) is 4.79 Å². The first kappa shape index (κ1) is 13.4. The fourth-order valence-corrected chi connectivity index (χ4v) is 2.40. The number of aryl methyl sites for hydroxylation is 1. The molecule has 0 saturated carbocycles. The second kappa shape index (κ2) is 5.73. The molecule has 1 amide bonds. The average molecular weight is 262 g/mol. The second-order valence-electron chi connectivity index (χ2n) is 4.82. The van der Waals surface area contributed by atoms with E-state index in [-0.39, 0.29) is 5.91 Å². The number of carbonyl (C=O) groups excluding carboxylic acids is 1. The van der Waals surface area contributed by atoms with E-state index in [1.165, 1.54) is 4.90 Å². The molecule has 1 aliphatic rings. The van der Waals surface area contributed by atoms with Gasteiger partial charge in [-0.2, -0.15) is 0 Å². The molecule has 1 aliphatic heterocycles. The van der Waals surface area contributed by atoms with Gasteiger partial charge in [0.05, 0.1) is 0 Å². The van der Waals surface area contributed by atoms with Crippen LogP contribution >= 0.6 is 0 Å². The monoisotopic (exact) mass is 262 g/mol. The maximum Gasteiger partial charge on any atom is 0.326 e. The summed E-state index contributed by atoms with van der Waals surface area (Å²) in [5.41, 5.74) is 7.32. The van der Waals surface area contributed by atoms with E-state index in [1.54, 1.807) is 12.1 Å². The van der Waals surface area contributed by atoms with Crippen LogP contribution in [0.25, 0.3) is 0 Å². The van der Waals surface area contributed by atoms with Crippen LogP contribution in [0.3, 0.4) is 0 Å². The van der Waals surface area contributed by atoms with Crippen molar-refractivity contribution in [3.05, 3.63) is 29.8 Å². The van der Waals surface area contributed by atoms with Crippen molar-refractivity contribution in [2.24, 2.45) is 0 Å². The second-order valence-corrected chi connectivity index (χ2v) is 4.82. The molecule has 1 saturated heterocycles. The Balaban J connectivity index is 1.90. The average Bonchev–Trinajstić information content (AvgIpc) is 2.87. The third kappa shape index (κ3) is 3.24. The molecule has 1 unspecified atom stereocenters. The highest BCUT2D eigenvalue weighted by Gasteiger charge is 2.33. The highest BCUT2D eigenvalue weighted by molar-refractivity contribution is 5.84. The lowest BCUT2D eigenvalue weighted by Crippen LogP contribution is -2.40. The molecule has 5 heteroatoms. The van der Waals surface area contributed by atoms with E-state index in [2.05, 4.69) is 0 Å². The Kier molecular flexibility index (Phi) is 4.04. The molecule has 19 heavy (non-hydrogen) atoms. The number of hydrogen-bond donors (Lipinski definition) is 2. The number of likely N-dealkylation sites (tertiary alicyclic amines) is 1. The highest BCUT2D eigenvalue weighted by atomic mass is 16.4. The van der Waals surface area contributed by atoms with E-state index in [1.807, 2.05) is 12.1 Å². The number of nitrogens with two attached hydrogens (primary N) is 1. The SMILES string of the molecule is Nc1ccc(CCC(=O)N2CCCC2C(=O)O)cc1. The van der Waals surface area contributed by atoms with Crippen LogP contribution in [0, 0.1) is 0 Å². The zero-order valence-electron chi connectivity index (χ0n) is 10.7. The summed E-state index contributed by atoms with van der Waals surface area (Å²) in [7, 11) is 0. The number of aliphatic carboxylic acids is 1. The van der Waals surface area contributed by atoms with Gasteiger partial charge >= 0.3 is 5.97 Å². The van der Waals surface area contributed by atoms with Crippen molar-refractivity contribution in [1.29, 1.82) is 0 Å². The van der Waals surface area contributed by atoms with Gasteiger partial charge in [-0.3, -0.25) is 4.79 Å². The predicted octanol–water partition coefficient (Wildman–Crippen LogP) is 1.28. The Bertz CT molecular complexity index is 470. The Morgan fingerprint density at radius 3 is 2.63 bits per heavy atom. The molecule has 1 atom stereocenters. The molecule has 0 radical (unpaired) electrons. The van der Waals surface area contributed by atoms with E-state index in [0.29, 0.717) is 31.5 Å². The minimum Gasteiger partial charge on any atom is -0.480 e. The van der Waals surface area contributed by atoms with Crippen LogP contribution in [0.1, 0.15) is 24.8 Å². The van der Waals surface area contributed by atoms with Gasteiger partial charge in [0, 0.05) is 18.7 Å². The van der Waals surface area contributed by atoms with Gasteiger partial charge in [0.15, 0.2) is 0 Å². The quantitative estimate of drug-likeness (QED) is 0.800. The van der Waals surface area contributed by atoms with Crippen LogP contribution in [0.2, 0.25) is 0 Å². The van der Waals surface area contributed by atoms with Crippen LogP contribution in [0.4, 0.5) is 5.69 Å². The molecular formula is C14H18N2O3. The third-order valence-electron chi connectivity index (χ3n) is 3.47. The summed E-state index contributed by atoms with van der Waals surface area (Å²) < 4.78 is 0. The van der Waals surface area contributed by atoms with Gasteiger partial charge in [-0.1, -0.05) is 12.1 Å². The summed E-state index contributed by atoms with van der Waals surface area (Å²) in [5, 5.41) is 9.04. The summed E-state index contributed by atoms with van der Waals surface area (Å²) in [6, 6.07) is 6.74. The van der Waals surface area contributed by atoms with Crippen LogP contribution in [-0.4, -0.2) is 34.5 Å². The number of carbonyl (C=O) groups is 2. The summed E-state index contributed by atoms with van der Waals surface area (Å²) in [4.78, 5) is 24.5. The maximum absolute atomic E-state index is 12.0. The first-order chi connectivity index (χ1) is 9.08. The molecule has 2 rings (SSSR count). The normalized spacial score (nSPS) is 18.5. The lowest BCUT2D eigenvalue weighted by Gasteiger charge is -2.21. The topological polar surface area (TPSA) is 83.6 Å². The van der Waals surface area contributed by atoms with E-state index in [4.69, 9.17) is 10.8 Å². The van der Waals surface area contributed by atoms with E-state index in [9.17, 15) is 9.59 Å². The maximum atomic E-state index is 12.0. The number of amides is 1. The van der Waals surface area contributed by atoms with Crippen LogP contribution in [0.15, 0.2) is 24.3 Å². The molecule has 1 heterocycles. The number of rotatable bonds is 4.